The third-order valence-electron chi connectivity index (χ3n) is 6.05. The number of thiophene rings is 1. The van der Waals surface area contributed by atoms with Crippen molar-refractivity contribution in [3.8, 4) is 17.6 Å². The molecule has 0 atom stereocenters. The average molecular weight is 428 g/mol. The molecule has 0 radical (unpaired) electrons. The summed E-state index contributed by atoms with van der Waals surface area (Å²) in [6.45, 7) is 1.21. The van der Waals surface area contributed by atoms with Gasteiger partial charge in [0.05, 0.1) is 18.0 Å². The lowest BCUT2D eigenvalue weighted by molar-refractivity contribution is 0.409. The molecule has 1 saturated heterocycles. The van der Waals surface area contributed by atoms with Gasteiger partial charge in [-0.3, -0.25) is 4.79 Å². The van der Waals surface area contributed by atoms with Gasteiger partial charge in [-0.1, -0.05) is 0 Å². The number of nitrogens with zero attached hydrogens (tertiary/aromatic N) is 3. The third kappa shape index (κ3) is 2.67. The number of hydrogen-bond donors (Lipinski definition) is 2. The molecule has 2 aromatic heterocycles. The van der Waals surface area contributed by atoms with Crippen LogP contribution in [0.25, 0.3) is 21.1 Å². The van der Waals surface area contributed by atoms with Crippen LogP contribution in [0.3, 0.4) is 0 Å². The Hall–Kier alpha value is -2.83. The molecule has 1 aliphatic heterocycles. The zero-order chi connectivity index (χ0) is 21.2. The molecule has 3 heterocycles. The molecule has 0 unspecified atom stereocenters. The summed E-state index contributed by atoms with van der Waals surface area (Å²) in [6.07, 6.45) is 3.31. The van der Waals surface area contributed by atoms with Crippen molar-refractivity contribution in [2.45, 2.75) is 37.8 Å². The lowest BCUT2D eigenvalue weighted by Gasteiger charge is -2.33. The topological polar surface area (TPSA) is 105 Å². The summed E-state index contributed by atoms with van der Waals surface area (Å²) in [5, 5.41) is 20.1. The molecule has 0 spiro atoms. The minimum Gasteiger partial charge on any atom is -0.505 e. The van der Waals surface area contributed by atoms with Crippen LogP contribution in [0, 0.1) is 17.1 Å². The van der Waals surface area contributed by atoms with Crippen LogP contribution >= 0.6 is 11.3 Å². The summed E-state index contributed by atoms with van der Waals surface area (Å²) in [5.41, 5.74) is 6.38. The Labute approximate surface area is 175 Å². The Bertz CT molecular complexity index is 1280. The standard InChI is InChI=1S/C21H21FN4O3S/c1-29-20-16-12(8-13(22)17(20)25-6-4-10(24)5-7-25)18(27)15-19(28)14(9-23)30-21(15)26(16)11-2-3-11/h8,10-11,28H,2-7,24H2,1H3. The van der Waals surface area contributed by atoms with Crippen LogP contribution in [0.15, 0.2) is 10.9 Å². The summed E-state index contributed by atoms with van der Waals surface area (Å²) in [4.78, 5) is 15.8. The lowest BCUT2D eigenvalue weighted by atomic mass is 10.0. The highest BCUT2D eigenvalue weighted by atomic mass is 32.1. The van der Waals surface area contributed by atoms with E-state index in [1.54, 1.807) is 0 Å². The van der Waals surface area contributed by atoms with E-state index in [0.29, 0.717) is 34.9 Å². The van der Waals surface area contributed by atoms with Gasteiger partial charge in [-0.15, -0.1) is 11.3 Å². The van der Waals surface area contributed by atoms with E-state index in [9.17, 15) is 15.2 Å². The maximum Gasteiger partial charge on any atom is 0.202 e. The van der Waals surface area contributed by atoms with Crippen molar-refractivity contribution in [1.29, 1.82) is 5.26 Å². The normalized spacial score (nSPS) is 17.6. The van der Waals surface area contributed by atoms with Crippen LogP contribution in [0.2, 0.25) is 0 Å². The molecule has 156 valence electrons. The Morgan fingerprint density at radius 3 is 2.63 bits per heavy atom. The van der Waals surface area contributed by atoms with Gasteiger partial charge in [0.2, 0.25) is 5.43 Å². The molecule has 9 heteroatoms. The molecule has 30 heavy (non-hydrogen) atoms. The van der Waals surface area contributed by atoms with Crippen molar-refractivity contribution in [3.63, 3.8) is 0 Å². The quantitative estimate of drug-likeness (QED) is 0.664. The molecule has 3 aromatic rings. The van der Waals surface area contributed by atoms with Gasteiger partial charge in [-0.25, -0.2) is 4.39 Å². The Kier molecular flexibility index (Phi) is 4.38. The van der Waals surface area contributed by atoms with Gasteiger partial charge in [-0.2, -0.15) is 5.26 Å². The molecule has 3 N–H and O–H groups in total. The van der Waals surface area contributed by atoms with Gasteiger partial charge in [0.25, 0.3) is 0 Å². The van der Waals surface area contributed by atoms with Crippen LogP contribution < -0.4 is 20.8 Å². The number of benzene rings is 1. The molecular weight excluding hydrogens is 407 g/mol. The molecular formula is C21H21FN4O3S. The SMILES string of the molecule is COc1c(N2CCC(N)CC2)c(F)cc2c(=O)c3c(O)c(C#N)sc3n(C3CC3)c12. The van der Waals surface area contributed by atoms with Gasteiger partial charge < -0.3 is 25.0 Å². The van der Waals surface area contributed by atoms with Crippen molar-refractivity contribution < 1.29 is 14.2 Å². The van der Waals surface area contributed by atoms with Crippen molar-refractivity contribution in [2.24, 2.45) is 5.73 Å². The number of aromatic hydroxyl groups is 1. The number of fused-ring (bicyclic) bond motifs is 2. The van der Waals surface area contributed by atoms with E-state index in [4.69, 9.17) is 10.5 Å². The fraction of sp³-hybridized carbons (Fsp3) is 0.429. The highest BCUT2D eigenvalue weighted by molar-refractivity contribution is 7.19. The number of rotatable bonds is 3. The van der Waals surface area contributed by atoms with E-state index in [0.717, 1.165) is 37.0 Å². The van der Waals surface area contributed by atoms with Gasteiger partial charge in [0.15, 0.2) is 17.3 Å². The van der Waals surface area contributed by atoms with Gasteiger partial charge in [0, 0.05) is 25.2 Å². The lowest BCUT2D eigenvalue weighted by Crippen LogP contribution is -2.40. The Balaban J connectivity index is 1.90. The number of piperidine rings is 1. The van der Waals surface area contributed by atoms with Crippen molar-refractivity contribution in [2.75, 3.05) is 25.1 Å². The van der Waals surface area contributed by atoms with E-state index in [1.807, 2.05) is 15.5 Å². The molecule has 2 fully saturated rings. The number of pyridine rings is 1. The van der Waals surface area contributed by atoms with E-state index < -0.39 is 11.2 Å². The smallest absolute Gasteiger partial charge is 0.202 e. The number of halogens is 1. The number of methoxy groups -OCH3 is 1. The van der Waals surface area contributed by atoms with Gasteiger partial charge >= 0.3 is 0 Å². The summed E-state index contributed by atoms with van der Waals surface area (Å²) in [5.74, 6) is -0.547. The second-order valence-electron chi connectivity index (χ2n) is 7.96. The largest absolute Gasteiger partial charge is 0.505 e. The fourth-order valence-electron chi connectivity index (χ4n) is 4.41. The van der Waals surface area contributed by atoms with E-state index >= 15 is 4.39 Å². The highest BCUT2D eigenvalue weighted by Gasteiger charge is 2.34. The predicted octanol–water partition coefficient (Wildman–Crippen LogP) is 3.20. The fourth-order valence-corrected chi connectivity index (χ4v) is 5.48. The molecule has 1 aliphatic carbocycles. The highest BCUT2D eigenvalue weighted by Crippen LogP contribution is 2.48. The minimum atomic E-state index is -0.538. The molecule has 7 nitrogen and oxygen atoms in total. The van der Waals surface area contributed by atoms with Crippen LogP contribution in [0.5, 0.6) is 11.5 Å². The van der Waals surface area contributed by atoms with Crippen LogP contribution in [-0.4, -0.2) is 35.9 Å². The van der Waals surface area contributed by atoms with Gasteiger partial charge in [0.1, 0.15) is 26.9 Å². The first-order valence-corrected chi connectivity index (χ1v) is 10.8. The zero-order valence-electron chi connectivity index (χ0n) is 16.4. The van der Waals surface area contributed by atoms with Crippen molar-refractivity contribution >= 4 is 38.1 Å². The first kappa shape index (κ1) is 19.2. The molecule has 1 saturated carbocycles. The number of ether oxygens (including phenoxy) is 1. The summed E-state index contributed by atoms with van der Waals surface area (Å²) in [7, 11) is 1.48. The zero-order valence-corrected chi connectivity index (χ0v) is 17.3. The molecule has 0 bridgehead atoms. The minimum absolute atomic E-state index is 0.0779. The van der Waals surface area contributed by atoms with E-state index in [2.05, 4.69) is 0 Å². The Morgan fingerprint density at radius 2 is 2.03 bits per heavy atom. The summed E-state index contributed by atoms with van der Waals surface area (Å²) in [6, 6.07) is 3.40. The van der Waals surface area contributed by atoms with Crippen LogP contribution in [0.1, 0.15) is 36.6 Å². The van der Waals surface area contributed by atoms with E-state index in [1.165, 1.54) is 13.2 Å². The summed E-state index contributed by atoms with van der Waals surface area (Å²) < 4.78 is 23.0. The monoisotopic (exact) mass is 428 g/mol. The first-order chi connectivity index (χ1) is 14.5. The number of anilines is 1. The molecule has 5 rings (SSSR count). The van der Waals surface area contributed by atoms with Crippen molar-refractivity contribution in [1.82, 2.24) is 4.57 Å². The number of aromatic nitrogens is 1. The average Bonchev–Trinajstić information content (AvgIpc) is 3.51. The number of hydrogen-bond acceptors (Lipinski definition) is 7. The second kappa shape index (κ2) is 6.86. The van der Waals surface area contributed by atoms with Crippen LogP contribution in [-0.2, 0) is 0 Å². The maximum absolute atomic E-state index is 15.3. The van der Waals surface area contributed by atoms with Gasteiger partial charge in [-0.05, 0) is 31.7 Å². The van der Waals surface area contributed by atoms with Crippen LogP contribution in [0.4, 0.5) is 10.1 Å². The second-order valence-corrected chi connectivity index (χ2v) is 8.96. The molecule has 2 aliphatic rings. The number of nitriles is 1. The first-order valence-electron chi connectivity index (χ1n) is 9.97. The maximum atomic E-state index is 15.3. The Morgan fingerprint density at radius 1 is 1.33 bits per heavy atom. The predicted molar refractivity (Wildman–Crippen MR) is 114 cm³/mol. The molecule has 1 aromatic carbocycles. The van der Waals surface area contributed by atoms with Crippen molar-refractivity contribution in [3.05, 3.63) is 27.0 Å². The number of nitrogens with two attached hydrogens (primary N) is 1. The summed E-state index contributed by atoms with van der Waals surface area (Å²) >= 11 is 1.09. The third-order valence-corrected chi connectivity index (χ3v) is 7.13. The molecule has 0 amide bonds. The van der Waals surface area contributed by atoms with E-state index in [-0.39, 0.29) is 33.5 Å².